The van der Waals surface area contributed by atoms with Crippen molar-refractivity contribution >= 4 is 33.8 Å². The Hall–Kier alpha value is -2.05. The summed E-state index contributed by atoms with van der Waals surface area (Å²) < 4.78 is 1.93. The number of phenolic OH excluding ortho intramolecular Hbond substituents is 1. The van der Waals surface area contributed by atoms with Crippen LogP contribution in [0, 0.1) is 0 Å². The highest BCUT2D eigenvalue weighted by molar-refractivity contribution is 7.15. The van der Waals surface area contributed by atoms with E-state index in [0.717, 1.165) is 16.2 Å². The molecule has 0 radical (unpaired) electrons. The normalized spacial score (nSPS) is 12.5. The Morgan fingerprint density at radius 1 is 1.55 bits per heavy atom. The SMILES string of the molecule is C[C@H](NC(=O)Cc1ccc(O)c(Cl)c1)c1cn2ccsc2n1. The summed E-state index contributed by atoms with van der Waals surface area (Å²) in [6.45, 7) is 1.90. The van der Waals surface area contributed by atoms with E-state index >= 15 is 0 Å². The number of imidazole rings is 1. The number of benzene rings is 1. The van der Waals surface area contributed by atoms with Gasteiger partial charge < -0.3 is 10.4 Å². The lowest BCUT2D eigenvalue weighted by atomic mass is 10.1. The highest BCUT2D eigenvalue weighted by atomic mass is 35.5. The van der Waals surface area contributed by atoms with Crippen LogP contribution < -0.4 is 5.32 Å². The molecule has 1 amide bonds. The van der Waals surface area contributed by atoms with Crippen molar-refractivity contribution < 1.29 is 9.90 Å². The van der Waals surface area contributed by atoms with Gasteiger partial charge >= 0.3 is 0 Å². The van der Waals surface area contributed by atoms with Gasteiger partial charge in [0.1, 0.15) is 5.75 Å². The van der Waals surface area contributed by atoms with Crippen LogP contribution in [0.15, 0.2) is 36.0 Å². The van der Waals surface area contributed by atoms with E-state index in [0.29, 0.717) is 0 Å². The van der Waals surface area contributed by atoms with E-state index in [2.05, 4.69) is 10.3 Å². The second-order valence-corrected chi connectivity index (χ2v) is 6.29. The maximum atomic E-state index is 12.1. The van der Waals surface area contributed by atoms with Gasteiger partial charge in [-0.25, -0.2) is 4.98 Å². The van der Waals surface area contributed by atoms with Crippen LogP contribution in [0.25, 0.3) is 4.96 Å². The molecule has 0 bridgehead atoms. The quantitative estimate of drug-likeness (QED) is 0.769. The number of hydrogen-bond donors (Lipinski definition) is 2. The molecule has 3 rings (SSSR count). The zero-order valence-electron chi connectivity index (χ0n) is 11.8. The van der Waals surface area contributed by atoms with Gasteiger partial charge in [-0.15, -0.1) is 11.3 Å². The number of carbonyl (C=O) groups is 1. The van der Waals surface area contributed by atoms with E-state index in [1.807, 2.05) is 29.1 Å². The third-order valence-electron chi connectivity index (χ3n) is 3.31. The molecule has 7 heteroatoms. The van der Waals surface area contributed by atoms with Crippen molar-refractivity contribution in [2.24, 2.45) is 0 Å². The summed E-state index contributed by atoms with van der Waals surface area (Å²) in [4.78, 5) is 17.5. The highest BCUT2D eigenvalue weighted by Crippen LogP contribution is 2.24. The summed E-state index contributed by atoms with van der Waals surface area (Å²) in [6, 6.07) is 4.58. The van der Waals surface area contributed by atoms with Gasteiger partial charge in [0, 0.05) is 17.8 Å². The molecule has 3 aromatic rings. The van der Waals surface area contributed by atoms with Crippen LogP contribution in [-0.2, 0) is 11.2 Å². The number of halogens is 1. The number of amides is 1. The summed E-state index contributed by atoms with van der Waals surface area (Å²) in [5.41, 5.74) is 1.57. The molecule has 0 fully saturated rings. The molecule has 0 unspecified atom stereocenters. The number of thiazole rings is 1. The molecule has 2 N–H and O–H groups in total. The Morgan fingerprint density at radius 3 is 3.09 bits per heavy atom. The number of fused-ring (bicyclic) bond motifs is 1. The van der Waals surface area contributed by atoms with Crippen LogP contribution in [0.4, 0.5) is 0 Å². The van der Waals surface area contributed by atoms with Crippen LogP contribution >= 0.6 is 22.9 Å². The first-order valence-electron chi connectivity index (χ1n) is 6.72. The number of nitrogens with zero attached hydrogens (tertiary/aromatic N) is 2. The number of rotatable bonds is 4. The van der Waals surface area contributed by atoms with Crippen LogP contribution in [0.5, 0.6) is 5.75 Å². The van der Waals surface area contributed by atoms with Crippen molar-refractivity contribution in [3.8, 4) is 5.75 Å². The molecule has 0 aliphatic rings. The number of hydrogen-bond acceptors (Lipinski definition) is 4. The first-order chi connectivity index (χ1) is 10.5. The van der Waals surface area contributed by atoms with Gasteiger partial charge in [-0.2, -0.15) is 0 Å². The van der Waals surface area contributed by atoms with Crippen LogP contribution in [-0.4, -0.2) is 20.4 Å². The van der Waals surface area contributed by atoms with Crippen LogP contribution in [0.1, 0.15) is 24.2 Å². The minimum atomic E-state index is -0.174. The largest absolute Gasteiger partial charge is 0.506 e. The molecule has 1 atom stereocenters. The average molecular weight is 336 g/mol. The Labute approximate surface area is 136 Å². The molecule has 2 aromatic heterocycles. The summed E-state index contributed by atoms with van der Waals surface area (Å²) in [7, 11) is 0. The number of carbonyl (C=O) groups excluding carboxylic acids is 1. The molecule has 2 heterocycles. The Bertz CT molecular complexity index is 799. The molecular formula is C15H14ClN3O2S. The van der Waals surface area contributed by atoms with Gasteiger partial charge in [0.2, 0.25) is 5.91 Å². The maximum Gasteiger partial charge on any atom is 0.224 e. The van der Waals surface area contributed by atoms with Crippen molar-refractivity contribution in [2.75, 3.05) is 0 Å². The zero-order chi connectivity index (χ0) is 15.7. The molecule has 0 aliphatic heterocycles. The standard InChI is InChI=1S/C15H14ClN3O2S/c1-9(12-8-19-4-5-22-15(19)18-12)17-14(21)7-10-2-3-13(20)11(16)6-10/h2-6,8-9,20H,7H2,1H3,(H,17,21)/t9-/m0/s1. The van der Waals surface area contributed by atoms with Gasteiger partial charge in [0.05, 0.1) is 23.2 Å². The minimum Gasteiger partial charge on any atom is -0.506 e. The molecule has 0 spiro atoms. The summed E-state index contributed by atoms with van der Waals surface area (Å²) in [6.07, 6.45) is 4.05. The number of aromatic nitrogens is 2. The third kappa shape index (κ3) is 3.08. The van der Waals surface area contributed by atoms with E-state index in [9.17, 15) is 9.90 Å². The summed E-state index contributed by atoms with van der Waals surface area (Å²) >= 11 is 7.39. The van der Waals surface area contributed by atoms with E-state index in [-0.39, 0.29) is 29.1 Å². The number of aromatic hydroxyl groups is 1. The van der Waals surface area contributed by atoms with Gasteiger partial charge in [-0.1, -0.05) is 17.7 Å². The van der Waals surface area contributed by atoms with E-state index in [1.54, 1.807) is 23.5 Å². The number of nitrogens with one attached hydrogen (secondary N) is 1. The maximum absolute atomic E-state index is 12.1. The van der Waals surface area contributed by atoms with Crippen molar-refractivity contribution in [1.82, 2.24) is 14.7 Å². The molecule has 5 nitrogen and oxygen atoms in total. The van der Waals surface area contributed by atoms with Crippen molar-refractivity contribution in [3.05, 3.63) is 52.3 Å². The van der Waals surface area contributed by atoms with Crippen LogP contribution in [0.3, 0.4) is 0 Å². The molecule has 0 saturated heterocycles. The lowest BCUT2D eigenvalue weighted by molar-refractivity contribution is -0.121. The van der Waals surface area contributed by atoms with Crippen molar-refractivity contribution in [3.63, 3.8) is 0 Å². The van der Waals surface area contributed by atoms with Gasteiger partial charge in [-0.05, 0) is 24.6 Å². The topological polar surface area (TPSA) is 66.6 Å². The van der Waals surface area contributed by atoms with Crippen LogP contribution in [0.2, 0.25) is 5.02 Å². The second-order valence-electron chi connectivity index (χ2n) is 5.01. The van der Waals surface area contributed by atoms with E-state index < -0.39 is 0 Å². The van der Waals surface area contributed by atoms with Gasteiger partial charge in [0.15, 0.2) is 4.96 Å². The van der Waals surface area contributed by atoms with Crippen molar-refractivity contribution in [2.45, 2.75) is 19.4 Å². The highest BCUT2D eigenvalue weighted by Gasteiger charge is 2.14. The summed E-state index contributed by atoms with van der Waals surface area (Å²) in [5.74, 6) is -0.108. The zero-order valence-corrected chi connectivity index (χ0v) is 13.4. The Balaban J connectivity index is 1.65. The lowest BCUT2D eigenvalue weighted by Crippen LogP contribution is -2.28. The lowest BCUT2D eigenvalue weighted by Gasteiger charge is -2.11. The summed E-state index contributed by atoms with van der Waals surface area (Å²) in [5, 5.41) is 14.5. The molecule has 0 saturated carbocycles. The predicted molar refractivity (Wildman–Crippen MR) is 86.4 cm³/mol. The average Bonchev–Trinajstić information content (AvgIpc) is 3.03. The van der Waals surface area contributed by atoms with E-state index in [4.69, 9.17) is 11.6 Å². The predicted octanol–water partition coefficient (Wildman–Crippen LogP) is 3.17. The van der Waals surface area contributed by atoms with E-state index in [1.165, 1.54) is 6.07 Å². The molecule has 114 valence electrons. The number of phenols is 1. The van der Waals surface area contributed by atoms with Gasteiger partial charge in [-0.3, -0.25) is 9.20 Å². The smallest absolute Gasteiger partial charge is 0.224 e. The first kappa shape index (κ1) is 14.9. The van der Waals surface area contributed by atoms with Crippen molar-refractivity contribution in [1.29, 1.82) is 0 Å². The molecule has 1 aromatic carbocycles. The monoisotopic (exact) mass is 335 g/mol. The fourth-order valence-electron chi connectivity index (χ4n) is 2.17. The fourth-order valence-corrected chi connectivity index (χ4v) is 3.08. The van der Waals surface area contributed by atoms with Gasteiger partial charge in [0.25, 0.3) is 0 Å². The second kappa shape index (κ2) is 5.98. The first-order valence-corrected chi connectivity index (χ1v) is 7.97. The Kier molecular flexibility index (Phi) is 4.04. The minimum absolute atomic E-state index is 0.0114. The molecule has 22 heavy (non-hydrogen) atoms. The third-order valence-corrected chi connectivity index (χ3v) is 4.38. The molecular weight excluding hydrogens is 322 g/mol. The molecule has 0 aliphatic carbocycles. The Morgan fingerprint density at radius 2 is 2.36 bits per heavy atom. The fraction of sp³-hybridized carbons (Fsp3) is 0.200.